The summed E-state index contributed by atoms with van der Waals surface area (Å²) in [5.41, 5.74) is 0.837. The smallest absolute Gasteiger partial charge is 0.165 e. The predicted molar refractivity (Wildman–Crippen MR) is 80.8 cm³/mol. The van der Waals surface area contributed by atoms with Crippen LogP contribution in [-0.2, 0) is 20.0 Å². The molecule has 0 amide bonds. The molecule has 1 heterocycles. The Morgan fingerprint density at radius 1 is 1.38 bits per heavy atom. The average Bonchev–Trinajstić information content (AvgIpc) is 2.84. The van der Waals surface area contributed by atoms with Crippen molar-refractivity contribution in [3.05, 3.63) is 47.8 Å². The van der Waals surface area contributed by atoms with Gasteiger partial charge in [0.25, 0.3) is 0 Å². The van der Waals surface area contributed by atoms with Crippen molar-refractivity contribution in [2.75, 3.05) is 6.61 Å². The molecule has 2 aromatic rings. The van der Waals surface area contributed by atoms with Gasteiger partial charge in [0.2, 0.25) is 0 Å². The van der Waals surface area contributed by atoms with Gasteiger partial charge in [-0.05, 0) is 6.07 Å². The number of para-hydroxylation sites is 1. The summed E-state index contributed by atoms with van der Waals surface area (Å²) in [6, 6.07) is 5.36. The molecule has 0 saturated heterocycles. The second kappa shape index (κ2) is 7.22. The molecular weight excluding hydrogens is 269 g/mol. The van der Waals surface area contributed by atoms with Gasteiger partial charge >= 0.3 is 0 Å². The number of imidazole rings is 1. The highest BCUT2D eigenvalue weighted by atomic mass is 19.1. The molecule has 114 valence electrons. The van der Waals surface area contributed by atoms with Crippen LogP contribution in [-0.4, -0.2) is 22.2 Å². The first-order valence-electron chi connectivity index (χ1n) is 7.17. The number of benzene rings is 1. The van der Waals surface area contributed by atoms with Gasteiger partial charge in [-0.25, -0.2) is 9.37 Å². The van der Waals surface area contributed by atoms with E-state index in [0.29, 0.717) is 31.4 Å². The van der Waals surface area contributed by atoms with Gasteiger partial charge in [-0.15, -0.1) is 0 Å². The number of hydrogen-bond donors (Lipinski definition) is 1. The number of rotatable bonds is 7. The fourth-order valence-corrected chi connectivity index (χ4v) is 2.05. The standard InChI is InChI=1S/C16H22FN3O/c1-12(2)19-11-13-5-4-6-14(17)16(13)21-10-7-15-18-8-9-20(15)3/h4-6,8-9,12,19H,7,10-11H2,1-3H3. The first-order valence-corrected chi connectivity index (χ1v) is 7.17. The number of nitrogens with zero attached hydrogens (tertiary/aromatic N) is 2. The number of hydrogen-bond acceptors (Lipinski definition) is 3. The Balaban J connectivity index is 1.99. The van der Waals surface area contributed by atoms with E-state index in [2.05, 4.69) is 24.1 Å². The van der Waals surface area contributed by atoms with E-state index in [1.807, 2.05) is 23.9 Å². The van der Waals surface area contributed by atoms with Crippen molar-refractivity contribution in [2.24, 2.45) is 7.05 Å². The largest absolute Gasteiger partial charge is 0.490 e. The van der Waals surface area contributed by atoms with E-state index >= 15 is 0 Å². The lowest BCUT2D eigenvalue weighted by Crippen LogP contribution is -2.22. The molecule has 0 aliphatic rings. The van der Waals surface area contributed by atoms with Crippen LogP contribution in [0, 0.1) is 5.82 Å². The number of halogens is 1. The van der Waals surface area contributed by atoms with E-state index in [1.54, 1.807) is 12.3 Å². The van der Waals surface area contributed by atoms with Gasteiger partial charge in [-0.1, -0.05) is 26.0 Å². The van der Waals surface area contributed by atoms with E-state index in [9.17, 15) is 4.39 Å². The maximum absolute atomic E-state index is 13.9. The average molecular weight is 291 g/mol. The second-order valence-electron chi connectivity index (χ2n) is 5.32. The number of aryl methyl sites for hydroxylation is 1. The van der Waals surface area contributed by atoms with Gasteiger partial charge in [-0.3, -0.25) is 0 Å². The van der Waals surface area contributed by atoms with E-state index in [0.717, 1.165) is 11.4 Å². The molecule has 0 bridgehead atoms. The van der Waals surface area contributed by atoms with E-state index in [4.69, 9.17) is 4.74 Å². The highest BCUT2D eigenvalue weighted by molar-refractivity contribution is 5.35. The summed E-state index contributed by atoms with van der Waals surface area (Å²) in [7, 11) is 1.93. The van der Waals surface area contributed by atoms with Crippen molar-refractivity contribution in [3.8, 4) is 5.75 Å². The van der Waals surface area contributed by atoms with Gasteiger partial charge in [0.05, 0.1) is 6.61 Å². The van der Waals surface area contributed by atoms with Gasteiger partial charge in [-0.2, -0.15) is 0 Å². The molecule has 5 heteroatoms. The molecule has 0 saturated carbocycles. The summed E-state index contributed by atoms with van der Waals surface area (Å²) in [6.07, 6.45) is 4.28. The number of ether oxygens (including phenoxy) is 1. The summed E-state index contributed by atoms with van der Waals surface area (Å²) < 4.78 is 21.5. The third-order valence-corrected chi connectivity index (χ3v) is 3.24. The Kier molecular flexibility index (Phi) is 5.33. The first-order chi connectivity index (χ1) is 10.1. The zero-order valence-corrected chi connectivity index (χ0v) is 12.8. The van der Waals surface area contributed by atoms with Crippen LogP contribution in [0.1, 0.15) is 25.2 Å². The van der Waals surface area contributed by atoms with Crippen molar-refractivity contribution in [3.63, 3.8) is 0 Å². The molecule has 0 aliphatic heterocycles. The van der Waals surface area contributed by atoms with Crippen molar-refractivity contribution in [2.45, 2.75) is 32.9 Å². The fourth-order valence-electron chi connectivity index (χ4n) is 2.05. The normalized spacial score (nSPS) is 11.1. The third kappa shape index (κ3) is 4.29. The van der Waals surface area contributed by atoms with E-state index < -0.39 is 0 Å². The SMILES string of the molecule is CC(C)NCc1cccc(F)c1OCCc1nccn1C. The molecule has 2 rings (SSSR count). The molecular formula is C16H22FN3O. The Morgan fingerprint density at radius 3 is 2.86 bits per heavy atom. The minimum absolute atomic E-state index is 0.321. The summed E-state index contributed by atoms with van der Waals surface area (Å²) in [5, 5.41) is 3.28. The Hall–Kier alpha value is -1.88. The first kappa shape index (κ1) is 15.5. The van der Waals surface area contributed by atoms with Crippen LogP contribution in [0.5, 0.6) is 5.75 Å². The third-order valence-electron chi connectivity index (χ3n) is 3.24. The van der Waals surface area contributed by atoms with Crippen LogP contribution in [0.2, 0.25) is 0 Å². The van der Waals surface area contributed by atoms with Crippen molar-refractivity contribution in [1.82, 2.24) is 14.9 Å². The summed E-state index contributed by atoms with van der Waals surface area (Å²) >= 11 is 0. The molecule has 1 aromatic heterocycles. The minimum atomic E-state index is -0.321. The molecule has 21 heavy (non-hydrogen) atoms. The Morgan fingerprint density at radius 2 is 2.19 bits per heavy atom. The monoisotopic (exact) mass is 291 g/mol. The van der Waals surface area contributed by atoms with E-state index in [-0.39, 0.29) is 5.82 Å². The molecule has 1 aromatic carbocycles. The Bertz CT molecular complexity index is 581. The maximum Gasteiger partial charge on any atom is 0.165 e. The second-order valence-corrected chi connectivity index (χ2v) is 5.32. The molecule has 0 atom stereocenters. The maximum atomic E-state index is 13.9. The lowest BCUT2D eigenvalue weighted by molar-refractivity contribution is 0.297. The molecule has 0 fully saturated rings. The van der Waals surface area contributed by atoms with Crippen LogP contribution in [0.15, 0.2) is 30.6 Å². The molecule has 0 radical (unpaired) electrons. The minimum Gasteiger partial charge on any atom is -0.490 e. The zero-order chi connectivity index (χ0) is 15.2. The van der Waals surface area contributed by atoms with Gasteiger partial charge in [0.15, 0.2) is 11.6 Å². The Labute approximate surface area is 125 Å². The molecule has 0 aliphatic carbocycles. The highest BCUT2D eigenvalue weighted by Gasteiger charge is 2.10. The van der Waals surface area contributed by atoms with Gasteiger partial charge in [0, 0.05) is 44.0 Å². The molecule has 0 unspecified atom stereocenters. The molecule has 4 nitrogen and oxygen atoms in total. The quantitative estimate of drug-likeness (QED) is 0.852. The lowest BCUT2D eigenvalue weighted by Gasteiger charge is -2.14. The zero-order valence-electron chi connectivity index (χ0n) is 12.8. The topological polar surface area (TPSA) is 39.1 Å². The van der Waals surface area contributed by atoms with E-state index in [1.165, 1.54) is 6.07 Å². The van der Waals surface area contributed by atoms with Gasteiger partial charge in [0.1, 0.15) is 5.82 Å². The summed E-state index contributed by atoms with van der Waals surface area (Å²) in [4.78, 5) is 4.23. The van der Waals surface area contributed by atoms with Crippen molar-refractivity contribution >= 4 is 0 Å². The van der Waals surface area contributed by atoms with Crippen LogP contribution >= 0.6 is 0 Å². The van der Waals surface area contributed by atoms with Crippen molar-refractivity contribution < 1.29 is 9.13 Å². The number of nitrogens with one attached hydrogen (secondary N) is 1. The fraction of sp³-hybridized carbons (Fsp3) is 0.438. The van der Waals surface area contributed by atoms with Crippen LogP contribution in [0.3, 0.4) is 0 Å². The van der Waals surface area contributed by atoms with Gasteiger partial charge < -0.3 is 14.6 Å². The van der Waals surface area contributed by atoms with Crippen molar-refractivity contribution in [1.29, 1.82) is 0 Å². The van der Waals surface area contributed by atoms with Crippen LogP contribution < -0.4 is 10.1 Å². The van der Waals surface area contributed by atoms with Crippen LogP contribution in [0.25, 0.3) is 0 Å². The predicted octanol–water partition coefficient (Wildman–Crippen LogP) is 2.68. The molecule has 1 N–H and O–H groups in total. The van der Waals surface area contributed by atoms with Crippen LogP contribution in [0.4, 0.5) is 4.39 Å². The molecule has 0 spiro atoms. The number of aromatic nitrogens is 2. The summed E-state index contributed by atoms with van der Waals surface area (Å²) in [5.74, 6) is 0.936. The highest BCUT2D eigenvalue weighted by Crippen LogP contribution is 2.23. The lowest BCUT2D eigenvalue weighted by atomic mass is 10.2. The summed E-state index contributed by atoms with van der Waals surface area (Å²) in [6.45, 7) is 5.11.